The SMILES string of the molecule is CCNCc1ccc(N2CC(C)CCC2C)c(Cl)c1. The Kier molecular flexibility index (Phi) is 5.12. The van der Waals surface area contributed by atoms with E-state index in [0.717, 1.165) is 30.6 Å². The number of hydrogen-bond acceptors (Lipinski definition) is 2. The lowest BCUT2D eigenvalue weighted by atomic mass is 9.94. The number of rotatable bonds is 4. The van der Waals surface area contributed by atoms with Gasteiger partial charge in [-0.1, -0.05) is 31.5 Å². The van der Waals surface area contributed by atoms with Crippen LogP contribution in [-0.2, 0) is 6.54 Å². The highest BCUT2D eigenvalue weighted by atomic mass is 35.5. The highest BCUT2D eigenvalue weighted by molar-refractivity contribution is 6.33. The van der Waals surface area contributed by atoms with Gasteiger partial charge in [0.05, 0.1) is 10.7 Å². The minimum Gasteiger partial charge on any atom is -0.367 e. The Labute approximate surface area is 122 Å². The topological polar surface area (TPSA) is 15.3 Å². The molecule has 2 unspecified atom stereocenters. The van der Waals surface area contributed by atoms with E-state index in [0.29, 0.717) is 6.04 Å². The summed E-state index contributed by atoms with van der Waals surface area (Å²) in [5.41, 5.74) is 2.45. The summed E-state index contributed by atoms with van der Waals surface area (Å²) in [5, 5.41) is 4.22. The molecule has 0 aromatic heterocycles. The van der Waals surface area contributed by atoms with Gasteiger partial charge in [-0.15, -0.1) is 0 Å². The van der Waals surface area contributed by atoms with E-state index in [1.807, 2.05) is 0 Å². The predicted molar refractivity (Wildman–Crippen MR) is 84.0 cm³/mol. The maximum Gasteiger partial charge on any atom is 0.0642 e. The van der Waals surface area contributed by atoms with Crippen LogP contribution in [0.1, 0.15) is 39.2 Å². The Balaban J connectivity index is 2.15. The number of piperidine rings is 1. The highest BCUT2D eigenvalue weighted by Gasteiger charge is 2.24. The van der Waals surface area contributed by atoms with Gasteiger partial charge in [0, 0.05) is 19.1 Å². The normalized spacial score (nSPS) is 23.7. The summed E-state index contributed by atoms with van der Waals surface area (Å²) in [6.45, 7) is 9.74. The van der Waals surface area contributed by atoms with Gasteiger partial charge in [-0.25, -0.2) is 0 Å². The van der Waals surface area contributed by atoms with Crippen molar-refractivity contribution in [2.45, 2.75) is 46.2 Å². The van der Waals surface area contributed by atoms with Crippen LogP contribution in [0.15, 0.2) is 18.2 Å². The molecule has 3 heteroatoms. The molecular weight excluding hydrogens is 256 g/mol. The van der Waals surface area contributed by atoms with Gasteiger partial charge in [0.15, 0.2) is 0 Å². The van der Waals surface area contributed by atoms with E-state index in [-0.39, 0.29) is 0 Å². The fraction of sp³-hybridized carbons (Fsp3) is 0.625. The quantitative estimate of drug-likeness (QED) is 0.894. The van der Waals surface area contributed by atoms with Crippen LogP contribution in [0.3, 0.4) is 0 Å². The van der Waals surface area contributed by atoms with Crippen molar-refractivity contribution in [1.82, 2.24) is 5.32 Å². The summed E-state index contributed by atoms with van der Waals surface area (Å²) in [5.74, 6) is 0.758. The van der Waals surface area contributed by atoms with Crippen LogP contribution < -0.4 is 10.2 Å². The molecule has 1 aliphatic heterocycles. The molecule has 2 nitrogen and oxygen atoms in total. The molecule has 1 aromatic carbocycles. The second-order valence-corrected chi connectivity index (χ2v) is 6.16. The Morgan fingerprint density at radius 3 is 2.79 bits per heavy atom. The van der Waals surface area contributed by atoms with Crippen LogP contribution in [0, 0.1) is 5.92 Å². The first-order chi connectivity index (χ1) is 9.11. The molecule has 1 fully saturated rings. The molecule has 19 heavy (non-hydrogen) atoms. The molecule has 0 amide bonds. The van der Waals surface area contributed by atoms with Crippen molar-refractivity contribution in [3.05, 3.63) is 28.8 Å². The van der Waals surface area contributed by atoms with Crippen molar-refractivity contribution < 1.29 is 0 Å². The molecular formula is C16H25ClN2. The minimum atomic E-state index is 0.591. The van der Waals surface area contributed by atoms with E-state index in [1.165, 1.54) is 24.1 Å². The second-order valence-electron chi connectivity index (χ2n) is 5.75. The van der Waals surface area contributed by atoms with E-state index >= 15 is 0 Å². The maximum atomic E-state index is 6.49. The smallest absolute Gasteiger partial charge is 0.0642 e. The molecule has 0 bridgehead atoms. The molecule has 1 aromatic rings. The zero-order valence-electron chi connectivity index (χ0n) is 12.2. The first kappa shape index (κ1) is 14.7. The first-order valence-electron chi connectivity index (χ1n) is 7.37. The van der Waals surface area contributed by atoms with Crippen molar-refractivity contribution in [2.75, 3.05) is 18.0 Å². The Morgan fingerprint density at radius 2 is 2.11 bits per heavy atom. The monoisotopic (exact) mass is 280 g/mol. The predicted octanol–water partition coefficient (Wildman–Crippen LogP) is 4.07. The van der Waals surface area contributed by atoms with Crippen molar-refractivity contribution >= 4 is 17.3 Å². The van der Waals surface area contributed by atoms with E-state index in [4.69, 9.17) is 11.6 Å². The average molecular weight is 281 g/mol. The Hall–Kier alpha value is -0.730. The van der Waals surface area contributed by atoms with Gasteiger partial charge in [-0.2, -0.15) is 0 Å². The summed E-state index contributed by atoms with van der Waals surface area (Å²) in [4.78, 5) is 2.47. The molecule has 1 saturated heterocycles. The number of benzene rings is 1. The zero-order chi connectivity index (χ0) is 13.8. The van der Waals surface area contributed by atoms with Gasteiger partial charge in [0.2, 0.25) is 0 Å². The molecule has 2 atom stereocenters. The number of nitrogens with zero attached hydrogens (tertiary/aromatic N) is 1. The van der Waals surface area contributed by atoms with Crippen LogP contribution in [0.25, 0.3) is 0 Å². The molecule has 1 heterocycles. The van der Waals surface area contributed by atoms with Crippen LogP contribution in [0.2, 0.25) is 5.02 Å². The van der Waals surface area contributed by atoms with Crippen LogP contribution in [0.4, 0.5) is 5.69 Å². The van der Waals surface area contributed by atoms with Crippen LogP contribution in [0.5, 0.6) is 0 Å². The summed E-state index contributed by atoms with van der Waals surface area (Å²) >= 11 is 6.49. The third kappa shape index (κ3) is 3.64. The number of hydrogen-bond donors (Lipinski definition) is 1. The summed E-state index contributed by atoms with van der Waals surface area (Å²) in [7, 11) is 0. The maximum absolute atomic E-state index is 6.49. The molecule has 1 aliphatic rings. The third-order valence-corrected chi connectivity index (χ3v) is 4.32. The number of halogens is 1. The summed E-state index contributed by atoms with van der Waals surface area (Å²) in [6.07, 6.45) is 2.59. The number of nitrogens with one attached hydrogen (secondary N) is 1. The molecule has 1 N–H and O–H groups in total. The molecule has 106 valence electrons. The minimum absolute atomic E-state index is 0.591. The largest absolute Gasteiger partial charge is 0.367 e. The van der Waals surface area contributed by atoms with Gasteiger partial charge in [-0.3, -0.25) is 0 Å². The van der Waals surface area contributed by atoms with Gasteiger partial charge in [0.1, 0.15) is 0 Å². The fourth-order valence-corrected chi connectivity index (χ4v) is 3.10. The molecule has 2 rings (SSSR count). The molecule has 0 radical (unpaired) electrons. The van der Waals surface area contributed by atoms with Gasteiger partial charge in [0.25, 0.3) is 0 Å². The lowest BCUT2D eigenvalue weighted by Gasteiger charge is -2.39. The van der Waals surface area contributed by atoms with Gasteiger partial charge >= 0.3 is 0 Å². The zero-order valence-corrected chi connectivity index (χ0v) is 13.0. The van der Waals surface area contributed by atoms with Crippen molar-refractivity contribution in [3.63, 3.8) is 0 Å². The van der Waals surface area contributed by atoms with Crippen LogP contribution in [-0.4, -0.2) is 19.1 Å². The molecule has 0 aliphatic carbocycles. The first-order valence-corrected chi connectivity index (χ1v) is 7.75. The Morgan fingerprint density at radius 1 is 1.32 bits per heavy atom. The van der Waals surface area contributed by atoms with Crippen molar-refractivity contribution in [2.24, 2.45) is 5.92 Å². The Bertz CT molecular complexity index is 419. The molecule has 0 spiro atoms. The summed E-state index contributed by atoms with van der Waals surface area (Å²) < 4.78 is 0. The van der Waals surface area contributed by atoms with E-state index in [2.05, 4.69) is 49.2 Å². The standard InChI is InChI=1S/C16H25ClN2/c1-4-18-10-14-7-8-16(15(17)9-14)19-11-12(2)5-6-13(19)3/h7-9,12-13,18H,4-6,10-11H2,1-3H3. The third-order valence-electron chi connectivity index (χ3n) is 4.02. The van der Waals surface area contributed by atoms with E-state index < -0.39 is 0 Å². The van der Waals surface area contributed by atoms with E-state index in [9.17, 15) is 0 Å². The van der Waals surface area contributed by atoms with Crippen LogP contribution >= 0.6 is 11.6 Å². The summed E-state index contributed by atoms with van der Waals surface area (Å²) in [6, 6.07) is 7.07. The fourth-order valence-electron chi connectivity index (χ4n) is 2.79. The number of anilines is 1. The molecule has 0 saturated carbocycles. The van der Waals surface area contributed by atoms with Crippen molar-refractivity contribution in [3.8, 4) is 0 Å². The van der Waals surface area contributed by atoms with Gasteiger partial charge in [-0.05, 0) is 49.9 Å². The second kappa shape index (κ2) is 6.62. The van der Waals surface area contributed by atoms with E-state index in [1.54, 1.807) is 0 Å². The lowest BCUT2D eigenvalue weighted by molar-refractivity contribution is 0.390. The average Bonchev–Trinajstić information content (AvgIpc) is 2.40. The van der Waals surface area contributed by atoms with Crippen molar-refractivity contribution in [1.29, 1.82) is 0 Å². The lowest BCUT2D eigenvalue weighted by Crippen LogP contribution is -2.41. The van der Waals surface area contributed by atoms with Gasteiger partial charge < -0.3 is 10.2 Å². The highest BCUT2D eigenvalue weighted by Crippen LogP contribution is 2.33.